The van der Waals surface area contributed by atoms with Crippen molar-refractivity contribution in [3.8, 4) is 11.1 Å². The summed E-state index contributed by atoms with van der Waals surface area (Å²) in [5, 5.41) is 7.63. The molecule has 2 aromatic rings. The Labute approximate surface area is 113 Å². The third-order valence-electron chi connectivity index (χ3n) is 3.99. The third kappa shape index (κ3) is 2.36. The van der Waals surface area contributed by atoms with Crippen LogP contribution in [0.3, 0.4) is 0 Å². The second kappa shape index (κ2) is 5.05. The summed E-state index contributed by atoms with van der Waals surface area (Å²) in [6.07, 6.45) is 4.27. The minimum atomic E-state index is 0.666. The summed E-state index contributed by atoms with van der Waals surface area (Å²) in [6.45, 7) is 2.23. The van der Waals surface area contributed by atoms with Gasteiger partial charge in [0.1, 0.15) is 5.82 Å². The Hall–Kier alpha value is -1.81. The van der Waals surface area contributed by atoms with Gasteiger partial charge in [-0.05, 0) is 43.0 Å². The van der Waals surface area contributed by atoms with Crippen LogP contribution in [0.2, 0.25) is 0 Å². The number of hydrogen-bond donors (Lipinski definition) is 2. The van der Waals surface area contributed by atoms with Crippen LogP contribution in [0.4, 0.5) is 5.82 Å². The molecule has 0 saturated carbocycles. The Morgan fingerprint density at radius 2 is 2.11 bits per heavy atom. The van der Waals surface area contributed by atoms with Crippen LogP contribution < -0.4 is 11.1 Å². The van der Waals surface area contributed by atoms with Crippen LogP contribution in [0.5, 0.6) is 0 Å². The summed E-state index contributed by atoms with van der Waals surface area (Å²) in [5.41, 5.74) is 9.67. The minimum Gasteiger partial charge on any atom is -0.383 e. The van der Waals surface area contributed by atoms with Crippen molar-refractivity contribution in [1.82, 2.24) is 15.1 Å². The van der Waals surface area contributed by atoms with Crippen molar-refractivity contribution in [3.05, 3.63) is 36.0 Å². The zero-order valence-electron chi connectivity index (χ0n) is 11.3. The normalized spacial score (nSPS) is 16.7. The van der Waals surface area contributed by atoms with Gasteiger partial charge in [-0.25, -0.2) is 0 Å². The zero-order chi connectivity index (χ0) is 13.2. The van der Waals surface area contributed by atoms with E-state index >= 15 is 0 Å². The minimum absolute atomic E-state index is 0.666. The molecule has 4 heteroatoms. The van der Waals surface area contributed by atoms with Crippen molar-refractivity contribution in [3.63, 3.8) is 0 Å². The Bertz CT molecular complexity index is 567. The summed E-state index contributed by atoms with van der Waals surface area (Å²) in [6, 6.07) is 8.73. The number of piperidine rings is 1. The summed E-state index contributed by atoms with van der Waals surface area (Å²) in [7, 11) is 1.87. The molecule has 0 aliphatic carbocycles. The van der Waals surface area contributed by atoms with Gasteiger partial charge in [-0.2, -0.15) is 5.10 Å². The summed E-state index contributed by atoms with van der Waals surface area (Å²) in [4.78, 5) is 0. The molecule has 4 nitrogen and oxygen atoms in total. The standard InChI is InChI=1S/C15H20N4/c1-19-15(16)14(10-18-19)13-4-2-3-12(9-13)11-5-7-17-8-6-11/h2-4,9-11,17H,5-8,16H2,1H3. The molecule has 3 rings (SSSR count). The van der Waals surface area contributed by atoms with E-state index in [0.717, 1.165) is 24.5 Å². The molecule has 100 valence electrons. The lowest BCUT2D eigenvalue weighted by molar-refractivity contribution is 0.460. The fourth-order valence-electron chi connectivity index (χ4n) is 2.78. The highest BCUT2D eigenvalue weighted by Gasteiger charge is 2.16. The zero-order valence-corrected chi connectivity index (χ0v) is 11.3. The molecule has 0 bridgehead atoms. The highest BCUT2D eigenvalue weighted by molar-refractivity contribution is 5.73. The van der Waals surface area contributed by atoms with E-state index in [0.29, 0.717) is 5.92 Å². The number of aryl methyl sites for hydroxylation is 1. The Kier molecular flexibility index (Phi) is 3.25. The SMILES string of the molecule is Cn1ncc(-c2cccc(C3CCNCC3)c2)c1N. The molecule has 2 heterocycles. The first-order chi connectivity index (χ1) is 9.25. The van der Waals surface area contributed by atoms with Crippen molar-refractivity contribution in [1.29, 1.82) is 0 Å². The molecule has 0 radical (unpaired) electrons. The van der Waals surface area contributed by atoms with Crippen molar-refractivity contribution < 1.29 is 0 Å². The average Bonchev–Trinajstić information content (AvgIpc) is 2.80. The maximum absolute atomic E-state index is 6.05. The Balaban J connectivity index is 1.93. The number of anilines is 1. The Morgan fingerprint density at radius 1 is 1.32 bits per heavy atom. The van der Waals surface area contributed by atoms with E-state index in [2.05, 4.69) is 34.7 Å². The van der Waals surface area contributed by atoms with E-state index in [1.807, 2.05) is 13.2 Å². The van der Waals surface area contributed by atoms with Crippen LogP contribution in [0, 0.1) is 0 Å². The number of nitrogens with one attached hydrogen (secondary N) is 1. The van der Waals surface area contributed by atoms with Crippen molar-refractivity contribution >= 4 is 5.82 Å². The quantitative estimate of drug-likeness (QED) is 0.865. The predicted octanol–water partition coefficient (Wildman–Crippen LogP) is 2.14. The molecule has 1 aliphatic heterocycles. The van der Waals surface area contributed by atoms with Gasteiger partial charge < -0.3 is 11.1 Å². The number of rotatable bonds is 2. The second-order valence-electron chi connectivity index (χ2n) is 5.22. The fourth-order valence-corrected chi connectivity index (χ4v) is 2.78. The van der Waals surface area contributed by atoms with E-state index < -0.39 is 0 Å². The fraction of sp³-hybridized carbons (Fsp3) is 0.400. The average molecular weight is 256 g/mol. The monoisotopic (exact) mass is 256 g/mol. The third-order valence-corrected chi connectivity index (χ3v) is 3.99. The molecular weight excluding hydrogens is 236 g/mol. The van der Waals surface area contributed by atoms with Crippen LogP contribution in [-0.4, -0.2) is 22.9 Å². The lowest BCUT2D eigenvalue weighted by Gasteiger charge is -2.23. The van der Waals surface area contributed by atoms with Gasteiger partial charge in [-0.3, -0.25) is 4.68 Å². The van der Waals surface area contributed by atoms with Crippen molar-refractivity contribution in [2.75, 3.05) is 18.8 Å². The number of hydrogen-bond acceptors (Lipinski definition) is 3. The first kappa shape index (κ1) is 12.2. The summed E-state index contributed by atoms with van der Waals surface area (Å²) in [5.74, 6) is 1.39. The van der Waals surface area contributed by atoms with Gasteiger partial charge in [0.25, 0.3) is 0 Å². The largest absolute Gasteiger partial charge is 0.383 e. The van der Waals surface area contributed by atoms with Gasteiger partial charge >= 0.3 is 0 Å². The molecule has 1 aromatic carbocycles. The van der Waals surface area contributed by atoms with Gasteiger partial charge in [-0.1, -0.05) is 24.3 Å². The molecule has 3 N–H and O–H groups in total. The number of nitrogens with two attached hydrogens (primary N) is 1. The lowest BCUT2D eigenvalue weighted by Crippen LogP contribution is -2.26. The van der Waals surface area contributed by atoms with Crippen LogP contribution in [0.1, 0.15) is 24.3 Å². The highest BCUT2D eigenvalue weighted by Crippen LogP contribution is 2.31. The maximum Gasteiger partial charge on any atom is 0.129 e. The van der Waals surface area contributed by atoms with E-state index in [1.54, 1.807) is 4.68 Å². The maximum atomic E-state index is 6.05. The number of nitrogen functional groups attached to an aromatic ring is 1. The summed E-state index contributed by atoms with van der Waals surface area (Å²) >= 11 is 0. The van der Waals surface area contributed by atoms with E-state index in [9.17, 15) is 0 Å². The van der Waals surface area contributed by atoms with Gasteiger partial charge in [0.15, 0.2) is 0 Å². The van der Waals surface area contributed by atoms with Crippen molar-refractivity contribution in [2.45, 2.75) is 18.8 Å². The topological polar surface area (TPSA) is 55.9 Å². The van der Waals surface area contributed by atoms with Gasteiger partial charge in [0.2, 0.25) is 0 Å². The Morgan fingerprint density at radius 3 is 2.79 bits per heavy atom. The predicted molar refractivity (Wildman–Crippen MR) is 77.9 cm³/mol. The molecule has 0 unspecified atom stereocenters. The van der Waals surface area contributed by atoms with E-state index in [-0.39, 0.29) is 0 Å². The van der Waals surface area contributed by atoms with Crippen LogP contribution in [-0.2, 0) is 7.05 Å². The lowest BCUT2D eigenvalue weighted by atomic mass is 9.89. The molecule has 1 fully saturated rings. The molecule has 19 heavy (non-hydrogen) atoms. The second-order valence-corrected chi connectivity index (χ2v) is 5.22. The van der Waals surface area contributed by atoms with Crippen LogP contribution >= 0.6 is 0 Å². The van der Waals surface area contributed by atoms with Gasteiger partial charge in [-0.15, -0.1) is 0 Å². The first-order valence-electron chi connectivity index (χ1n) is 6.84. The van der Waals surface area contributed by atoms with Crippen LogP contribution in [0.25, 0.3) is 11.1 Å². The highest BCUT2D eigenvalue weighted by atomic mass is 15.3. The first-order valence-corrected chi connectivity index (χ1v) is 6.84. The molecule has 0 spiro atoms. The number of benzene rings is 1. The number of nitrogens with zero attached hydrogens (tertiary/aromatic N) is 2. The number of aromatic nitrogens is 2. The molecular formula is C15H20N4. The van der Waals surface area contributed by atoms with Crippen LogP contribution in [0.15, 0.2) is 30.5 Å². The van der Waals surface area contributed by atoms with Crippen molar-refractivity contribution in [2.24, 2.45) is 7.05 Å². The van der Waals surface area contributed by atoms with Gasteiger partial charge in [0.05, 0.1) is 6.20 Å². The van der Waals surface area contributed by atoms with E-state index in [4.69, 9.17) is 5.73 Å². The molecule has 1 aromatic heterocycles. The summed E-state index contributed by atoms with van der Waals surface area (Å²) < 4.78 is 1.71. The molecule has 1 saturated heterocycles. The van der Waals surface area contributed by atoms with E-state index in [1.165, 1.54) is 24.0 Å². The molecule has 0 amide bonds. The molecule has 0 atom stereocenters. The molecule has 1 aliphatic rings. The smallest absolute Gasteiger partial charge is 0.129 e. The van der Waals surface area contributed by atoms with Gasteiger partial charge in [0, 0.05) is 12.6 Å².